The van der Waals surface area contributed by atoms with Crippen molar-refractivity contribution < 1.29 is 9.47 Å². The van der Waals surface area contributed by atoms with Crippen LogP contribution in [0.4, 0.5) is 0 Å². The van der Waals surface area contributed by atoms with E-state index in [4.69, 9.17) is 9.47 Å². The van der Waals surface area contributed by atoms with Gasteiger partial charge < -0.3 is 14.8 Å². The Morgan fingerprint density at radius 2 is 1.86 bits per heavy atom. The molecule has 0 aliphatic rings. The molecule has 0 amide bonds. The van der Waals surface area contributed by atoms with Gasteiger partial charge in [-0.15, -0.1) is 0 Å². The van der Waals surface area contributed by atoms with Crippen LogP contribution in [-0.2, 0) is 4.74 Å². The van der Waals surface area contributed by atoms with Crippen molar-refractivity contribution in [3.05, 3.63) is 29.8 Å². The molecule has 0 spiro atoms. The van der Waals surface area contributed by atoms with Crippen molar-refractivity contribution in [3.8, 4) is 5.75 Å². The minimum Gasteiger partial charge on any atom is -0.491 e. The van der Waals surface area contributed by atoms with Gasteiger partial charge >= 0.3 is 0 Å². The fourth-order valence-electron chi connectivity index (χ4n) is 2.57. The second-order valence-corrected chi connectivity index (χ2v) is 6.75. The Kier molecular flexibility index (Phi) is 6.69. The number of likely N-dealkylation sites (N-methyl/N-ethyl adjacent to an activating group) is 1. The standard InChI is InChI=1S/C18H31NO2/c1-8-20-17(18(4,5)6)16(19-7)14-10-9-11-15(12-14)21-13(2)3/h9-13,16-17,19H,8H2,1-7H3. The smallest absolute Gasteiger partial charge is 0.120 e. The van der Waals surface area contributed by atoms with Gasteiger partial charge in [0.2, 0.25) is 0 Å². The predicted octanol–water partition coefficient (Wildman–Crippen LogP) is 4.19. The van der Waals surface area contributed by atoms with Crippen LogP contribution >= 0.6 is 0 Å². The third-order valence-electron chi connectivity index (χ3n) is 3.40. The van der Waals surface area contributed by atoms with Crippen molar-refractivity contribution in [1.82, 2.24) is 5.32 Å². The Labute approximate surface area is 130 Å². The fraction of sp³-hybridized carbons (Fsp3) is 0.667. The van der Waals surface area contributed by atoms with Gasteiger partial charge in [-0.1, -0.05) is 32.9 Å². The second-order valence-electron chi connectivity index (χ2n) is 6.75. The van der Waals surface area contributed by atoms with Gasteiger partial charge in [0.1, 0.15) is 5.75 Å². The van der Waals surface area contributed by atoms with Gasteiger partial charge in [0.05, 0.1) is 18.2 Å². The zero-order chi connectivity index (χ0) is 16.0. The molecule has 2 atom stereocenters. The van der Waals surface area contributed by atoms with Crippen molar-refractivity contribution in [2.45, 2.75) is 59.8 Å². The van der Waals surface area contributed by atoms with E-state index in [0.717, 1.165) is 5.75 Å². The SMILES string of the molecule is CCOC(C(NC)c1cccc(OC(C)C)c1)C(C)(C)C. The summed E-state index contributed by atoms with van der Waals surface area (Å²) in [6, 6.07) is 8.43. The number of benzene rings is 1. The van der Waals surface area contributed by atoms with Crippen molar-refractivity contribution in [2.24, 2.45) is 5.41 Å². The van der Waals surface area contributed by atoms with E-state index >= 15 is 0 Å². The Morgan fingerprint density at radius 1 is 1.19 bits per heavy atom. The van der Waals surface area contributed by atoms with Crippen molar-refractivity contribution in [1.29, 1.82) is 0 Å². The molecule has 2 unspecified atom stereocenters. The molecule has 1 rings (SSSR count). The topological polar surface area (TPSA) is 30.5 Å². The quantitative estimate of drug-likeness (QED) is 0.818. The number of hydrogen-bond donors (Lipinski definition) is 1. The summed E-state index contributed by atoms with van der Waals surface area (Å²) in [6.45, 7) is 13.5. The van der Waals surface area contributed by atoms with E-state index in [1.54, 1.807) is 0 Å². The highest BCUT2D eigenvalue weighted by Crippen LogP contribution is 2.33. The highest BCUT2D eigenvalue weighted by molar-refractivity contribution is 5.31. The van der Waals surface area contributed by atoms with E-state index in [-0.39, 0.29) is 23.7 Å². The summed E-state index contributed by atoms with van der Waals surface area (Å²) in [4.78, 5) is 0. The summed E-state index contributed by atoms with van der Waals surface area (Å²) in [6.07, 6.45) is 0.278. The van der Waals surface area contributed by atoms with Gasteiger partial charge in [-0.3, -0.25) is 0 Å². The molecule has 0 aliphatic heterocycles. The van der Waals surface area contributed by atoms with E-state index in [1.807, 2.05) is 40.0 Å². The fourth-order valence-corrected chi connectivity index (χ4v) is 2.57. The van der Waals surface area contributed by atoms with E-state index in [0.29, 0.717) is 6.61 Å². The maximum Gasteiger partial charge on any atom is 0.120 e. The molecule has 1 N–H and O–H groups in total. The summed E-state index contributed by atoms with van der Waals surface area (Å²) >= 11 is 0. The summed E-state index contributed by atoms with van der Waals surface area (Å²) in [5, 5.41) is 3.41. The van der Waals surface area contributed by atoms with Crippen LogP contribution in [0.1, 0.15) is 53.1 Å². The summed E-state index contributed by atoms with van der Waals surface area (Å²) in [5.41, 5.74) is 1.25. The molecule has 3 heteroatoms. The van der Waals surface area contributed by atoms with Crippen LogP contribution in [-0.4, -0.2) is 25.9 Å². The Morgan fingerprint density at radius 3 is 2.33 bits per heavy atom. The molecule has 1 aromatic carbocycles. The molecule has 1 aromatic rings. The molecule has 0 fully saturated rings. The zero-order valence-electron chi connectivity index (χ0n) is 14.6. The number of hydrogen-bond acceptors (Lipinski definition) is 3. The lowest BCUT2D eigenvalue weighted by Crippen LogP contribution is -2.41. The minimum atomic E-state index is 0.0542. The molecule has 0 saturated carbocycles. The maximum absolute atomic E-state index is 6.03. The molecule has 0 bridgehead atoms. The van der Waals surface area contributed by atoms with Crippen molar-refractivity contribution in [3.63, 3.8) is 0 Å². The lowest BCUT2D eigenvalue weighted by atomic mass is 9.82. The molecule has 0 saturated heterocycles. The van der Waals surface area contributed by atoms with E-state index in [9.17, 15) is 0 Å². The second kappa shape index (κ2) is 7.81. The summed E-state index contributed by atoms with van der Waals surface area (Å²) in [7, 11) is 1.98. The van der Waals surface area contributed by atoms with Crippen molar-refractivity contribution >= 4 is 0 Å². The number of ether oxygens (including phenoxy) is 2. The van der Waals surface area contributed by atoms with Gasteiger partial charge in [-0.05, 0) is 50.9 Å². The Hall–Kier alpha value is -1.06. The average molecular weight is 293 g/mol. The third-order valence-corrected chi connectivity index (χ3v) is 3.40. The van der Waals surface area contributed by atoms with Crippen LogP contribution in [0.5, 0.6) is 5.75 Å². The summed E-state index contributed by atoms with van der Waals surface area (Å²) in [5.74, 6) is 0.909. The van der Waals surface area contributed by atoms with Gasteiger partial charge in [-0.2, -0.15) is 0 Å². The molecule has 0 heterocycles. The van der Waals surface area contributed by atoms with Gasteiger partial charge in [-0.25, -0.2) is 0 Å². The molecular formula is C18H31NO2. The number of nitrogens with one attached hydrogen (secondary N) is 1. The van der Waals surface area contributed by atoms with Crippen molar-refractivity contribution in [2.75, 3.05) is 13.7 Å². The van der Waals surface area contributed by atoms with E-state index in [2.05, 4.69) is 38.2 Å². The maximum atomic E-state index is 6.03. The molecule has 120 valence electrons. The Bertz CT molecular complexity index is 423. The molecule has 0 radical (unpaired) electrons. The monoisotopic (exact) mass is 293 g/mol. The first-order valence-corrected chi connectivity index (χ1v) is 7.85. The van der Waals surface area contributed by atoms with Crippen LogP contribution in [0.2, 0.25) is 0 Å². The van der Waals surface area contributed by atoms with Crippen LogP contribution in [0.25, 0.3) is 0 Å². The molecule has 3 nitrogen and oxygen atoms in total. The summed E-state index contributed by atoms with van der Waals surface area (Å²) < 4.78 is 11.8. The molecule has 0 aromatic heterocycles. The van der Waals surface area contributed by atoms with Crippen LogP contribution in [0, 0.1) is 5.41 Å². The van der Waals surface area contributed by atoms with Gasteiger partial charge in [0, 0.05) is 6.61 Å². The zero-order valence-corrected chi connectivity index (χ0v) is 14.6. The number of rotatable bonds is 7. The lowest BCUT2D eigenvalue weighted by Gasteiger charge is -2.37. The average Bonchev–Trinajstić information content (AvgIpc) is 2.37. The molecule has 0 aliphatic carbocycles. The van der Waals surface area contributed by atoms with Crippen LogP contribution in [0.15, 0.2) is 24.3 Å². The first-order valence-electron chi connectivity index (χ1n) is 7.85. The Balaban J connectivity index is 3.07. The van der Waals surface area contributed by atoms with Crippen LogP contribution < -0.4 is 10.1 Å². The minimum absolute atomic E-state index is 0.0542. The van der Waals surface area contributed by atoms with E-state index in [1.165, 1.54) is 5.56 Å². The third kappa shape index (κ3) is 5.33. The van der Waals surface area contributed by atoms with E-state index < -0.39 is 0 Å². The molecular weight excluding hydrogens is 262 g/mol. The van der Waals surface area contributed by atoms with Crippen LogP contribution in [0.3, 0.4) is 0 Å². The predicted molar refractivity (Wildman–Crippen MR) is 88.9 cm³/mol. The first kappa shape index (κ1) is 18.0. The highest BCUT2D eigenvalue weighted by atomic mass is 16.5. The lowest BCUT2D eigenvalue weighted by molar-refractivity contribution is -0.0351. The normalized spacial score (nSPS) is 15.0. The highest BCUT2D eigenvalue weighted by Gasteiger charge is 2.33. The van der Waals surface area contributed by atoms with Gasteiger partial charge in [0.15, 0.2) is 0 Å². The largest absolute Gasteiger partial charge is 0.491 e. The van der Waals surface area contributed by atoms with Gasteiger partial charge in [0.25, 0.3) is 0 Å². The first-order chi connectivity index (χ1) is 9.79. The molecule has 21 heavy (non-hydrogen) atoms.